The first-order valence-corrected chi connectivity index (χ1v) is 7.15. The summed E-state index contributed by atoms with van der Waals surface area (Å²) in [6.07, 6.45) is 3.10. The molecule has 4 N–H and O–H groups in total. The fourth-order valence-corrected chi connectivity index (χ4v) is 2.53. The van der Waals surface area contributed by atoms with Gasteiger partial charge in [-0.2, -0.15) is 0 Å². The second-order valence-corrected chi connectivity index (χ2v) is 5.24. The smallest absolute Gasteiger partial charge is 0.264 e. The van der Waals surface area contributed by atoms with Crippen molar-refractivity contribution in [2.45, 2.75) is 25.3 Å². The van der Waals surface area contributed by atoms with Crippen LogP contribution >= 0.6 is 0 Å². The molecule has 6 nitrogen and oxygen atoms in total. The highest BCUT2D eigenvalue weighted by molar-refractivity contribution is 5.95. The maximum absolute atomic E-state index is 12.1. The third-order valence-electron chi connectivity index (χ3n) is 3.69. The van der Waals surface area contributed by atoms with Crippen molar-refractivity contribution in [2.24, 2.45) is 0 Å². The summed E-state index contributed by atoms with van der Waals surface area (Å²) in [6, 6.07) is 8.80. The molecule has 0 spiro atoms. The maximum atomic E-state index is 12.1. The molecule has 1 aromatic heterocycles. The Morgan fingerprint density at radius 3 is 2.57 bits per heavy atom. The highest BCUT2D eigenvalue weighted by Gasteiger charge is 2.20. The lowest BCUT2D eigenvalue weighted by Crippen LogP contribution is -2.43. The summed E-state index contributed by atoms with van der Waals surface area (Å²) in [5.41, 5.74) is 2.22. The summed E-state index contributed by atoms with van der Waals surface area (Å²) in [4.78, 5) is 23.2. The number of anilines is 1. The number of carbonyl (C=O) groups excluding carboxylic acids is 1. The molecule has 110 valence electrons. The Morgan fingerprint density at radius 2 is 1.95 bits per heavy atom. The van der Waals surface area contributed by atoms with E-state index in [1.807, 2.05) is 24.3 Å². The predicted molar refractivity (Wildman–Crippen MR) is 81.1 cm³/mol. The fraction of sp³-hybridized carbons (Fsp3) is 0.333. The minimum atomic E-state index is -0.161. The standard InChI is InChI=1S/C15H18N4O2/c20-14-9-13(18-19-14)10-4-6-11(7-5-10)17-15(21)12-3-1-2-8-16-12/h4-7,9,12,16H,1-3,8H2,(H,17,21)(H2,18,19,20). The molecule has 2 heterocycles. The fourth-order valence-electron chi connectivity index (χ4n) is 2.53. The summed E-state index contributed by atoms with van der Waals surface area (Å²) < 4.78 is 0. The second-order valence-electron chi connectivity index (χ2n) is 5.24. The minimum absolute atomic E-state index is 0.0116. The number of hydrogen-bond acceptors (Lipinski definition) is 3. The molecule has 1 aliphatic rings. The Balaban J connectivity index is 1.66. The van der Waals surface area contributed by atoms with E-state index >= 15 is 0 Å². The SMILES string of the molecule is O=C(Nc1ccc(-c2cc(=O)[nH][nH]2)cc1)C1CCCCN1. The average Bonchev–Trinajstić information content (AvgIpc) is 2.95. The number of hydrogen-bond donors (Lipinski definition) is 4. The zero-order valence-corrected chi connectivity index (χ0v) is 11.6. The third kappa shape index (κ3) is 3.22. The molecule has 21 heavy (non-hydrogen) atoms. The highest BCUT2D eigenvalue weighted by atomic mass is 16.2. The molecule has 1 aliphatic heterocycles. The predicted octanol–water partition coefficient (Wildman–Crippen LogP) is 1.45. The van der Waals surface area contributed by atoms with Gasteiger partial charge < -0.3 is 10.6 Å². The molecule has 1 atom stereocenters. The first-order chi connectivity index (χ1) is 10.2. The van der Waals surface area contributed by atoms with Crippen LogP contribution in [0.4, 0.5) is 5.69 Å². The number of aromatic nitrogens is 2. The van der Waals surface area contributed by atoms with Gasteiger partial charge in [0.1, 0.15) is 0 Å². The molecule has 1 fully saturated rings. The zero-order valence-electron chi connectivity index (χ0n) is 11.6. The van der Waals surface area contributed by atoms with Gasteiger partial charge in [-0.1, -0.05) is 18.6 Å². The summed E-state index contributed by atoms with van der Waals surface area (Å²) in [6.45, 7) is 0.901. The number of benzene rings is 1. The van der Waals surface area contributed by atoms with Crippen molar-refractivity contribution < 1.29 is 4.79 Å². The molecule has 3 rings (SSSR count). The number of aromatic amines is 2. The molecule has 1 amide bonds. The van der Waals surface area contributed by atoms with Gasteiger partial charge >= 0.3 is 0 Å². The molecule has 0 aliphatic carbocycles. The molecule has 1 aromatic carbocycles. The van der Waals surface area contributed by atoms with Crippen LogP contribution in [0, 0.1) is 0 Å². The summed E-state index contributed by atoms with van der Waals surface area (Å²) in [7, 11) is 0. The Bertz CT molecular complexity index is 665. The van der Waals surface area contributed by atoms with Crippen LogP contribution < -0.4 is 16.2 Å². The van der Waals surface area contributed by atoms with Crippen LogP contribution in [0.5, 0.6) is 0 Å². The van der Waals surface area contributed by atoms with E-state index in [4.69, 9.17) is 0 Å². The van der Waals surface area contributed by atoms with Gasteiger partial charge in [0.25, 0.3) is 5.56 Å². The number of rotatable bonds is 3. The number of H-pyrrole nitrogens is 2. The largest absolute Gasteiger partial charge is 0.325 e. The van der Waals surface area contributed by atoms with E-state index in [-0.39, 0.29) is 17.5 Å². The molecular formula is C15H18N4O2. The Labute approximate surface area is 121 Å². The Kier molecular flexibility index (Phi) is 3.87. The average molecular weight is 286 g/mol. The second kappa shape index (κ2) is 5.97. The first kappa shape index (κ1) is 13.6. The molecule has 0 bridgehead atoms. The number of piperidine rings is 1. The Hall–Kier alpha value is -2.34. The van der Waals surface area contributed by atoms with Crippen molar-refractivity contribution in [1.29, 1.82) is 0 Å². The maximum Gasteiger partial charge on any atom is 0.264 e. The van der Waals surface area contributed by atoms with E-state index in [1.54, 1.807) is 0 Å². The number of nitrogens with one attached hydrogen (secondary N) is 4. The molecule has 1 unspecified atom stereocenters. The van der Waals surface area contributed by atoms with Crippen LogP contribution in [-0.4, -0.2) is 28.7 Å². The minimum Gasteiger partial charge on any atom is -0.325 e. The van der Waals surface area contributed by atoms with Gasteiger partial charge in [0.05, 0.1) is 11.7 Å². The summed E-state index contributed by atoms with van der Waals surface area (Å²) in [5, 5.41) is 11.4. The van der Waals surface area contributed by atoms with Gasteiger partial charge in [-0.15, -0.1) is 0 Å². The van der Waals surface area contributed by atoms with Gasteiger partial charge in [0.15, 0.2) is 0 Å². The quantitative estimate of drug-likeness (QED) is 0.688. The van der Waals surface area contributed by atoms with Crippen LogP contribution in [-0.2, 0) is 4.79 Å². The van der Waals surface area contributed by atoms with Gasteiger partial charge in [-0.3, -0.25) is 19.8 Å². The van der Waals surface area contributed by atoms with E-state index in [0.29, 0.717) is 0 Å². The van der Waals surface area contributed by atoms with E-state index in [2.05, 4.69) is 20.8 Å². The van der Waals surface area contributed by atoms with Crippen LogP contribution in [0.2, 0.25) is 0 Å². The van der Waals surface area contributed by atoms with Crippen molar-refractivity contribution in [3.8, 4) is 11.3 Å². The zero-order chi connectivity index (χ0) is 14.7. The van der Waals surface area contributed by atoms with Gasteiger partial charge in [0, 0.05) is 11.8 Å². The van der Waals surface area contributed by atoms with E-state index in [0.717, 1.165) is 42.8 Å². The van der Waals surface area contributed by atoms with Crippen LogP contribution in [0.3, 0.4) is 0 Å². The molecule has 6 heteroatoms. The summed E-state index contributed by atoms with van der Waals surface area (Å²) in [5.74, 6) is 0.0116. The van der Waals surface area contributed by atoms with Crippen molar-refractivity contribution in [2.75, 3.05) is 11.9 Å². The van der Waals surface area contributed by atoms with Gasteiger partial charge in [0.2, 0.25) is 5.91 Å². The molecule has 2 aromatic rings. The first-order valence-electron chi connectivity index (χ1n) is 7.15. The molecule has 0 radical (unpaired) electrons. The van der Waals surface area contributed by atoms with Crippen molar-refractivity contribution in [3.63, 3.8) is 0 Å². The number of amides is 1. The topological polar surface area (TPSA) is 89.8 Å². The lowest BCUT2D eigenvalue weighted by Gasteiger charge is -2.22. The van der Waals surface area contributed by atoms with Crippen molar-refractivity contribution in [3.05, 3.63) is 40.7 Å². The molecule has 1 saturated heterocycles. The van der Waals surface area contributed by atoms with Crippen LogP contribution in [0.15, 0.2) is 35.1 Å². The lowest BCUT2D eigenvalue weighted by atomic mass is 10.0. The third-order valence-corrected chi connectivity index (χ3v) is 3.69. The van der Waals surface area contributed by atoms with E-state index in [9.17, 15) is 9.59 Å². The lowest BCUT2D eigenvalue weighted by molar-refractivity contribution is -0.118. The highest BCUT2D eigenvalue weighted by Crippen LogP contribution is 2.18. The monoisotopic (exact) mass is 286 g/mol. The van der Waals surface area contributed by atoms with E-state index < -0.39 is 0 Å². The van der Waals surface area contributed by atoms with Crippen LogP contribution in [0.25, 0.3) is 11.3 Å². The van der Waals surface area contributed by atoms with Crippen molar-refractivity contribution in [1.82, 2.24) is 15.5 Å². The molecular weight excluding hydrogens is 268 g/mol. The van der Waals surface area contributed by atoms with Gasteiger partial charge in [-0.05, 0) is 37.1 Å². The summed E-state index contributed by atoms with van der Waals surface area (Å²) >= 11 is 0. The number of carbonyl (C=O) groups is 1. The van der Waals surface area contributed by atoms with Crippen molar-refractivity contribution >= 4 is 11.6 Å². The van der Waals surface area contributed by atoms with E-state index in [1.165, 1.54) is 6.07 Å². The van der Waals surface area contributed by atoms with Crippen LogP contribution in [0.1, 0.15) is 19.3 Å². The van der Waals surface area contributed by atoms with Gasteiger partial charge in [-0.25, -0.2) is 0 Å². The normalized spacial score (nSPS) is 18.4. The molecule has 0 saturated carbocycles. The Morgan fingerprint density at radius 1 is 1.14 bits per heavy atom.